The zero-order valence-corrected chi connectivity index (χ0v) is 5.73. The molecule has 2 heteroatoms. The van der Waals surface area contributed by atoms with Gasteiger partial charge in [-0.1, -0.05) is 17.7 Å². The van der Waals surface area contributed by atoms with Gasteiger partial charge in [0, 0.05) is 6.42 Å². The maximum atomic E-state index is 12.9. The third-order valence-corrected chi connectivity index (χ3v) is 1.50. The van der Waals surface area contributed by atoms with E-state index in [1.54, 1.807) is 12.2 Å². The van der Waals surface area contributed by atoms with E-state index in [1.807, 2.05) is 6.92 Å². The second-order valence-electron chi connectivity index (χ2n) is 2.45. The molecular formula is C8H8FO. The monoisotopic (exact) mass is 139 g/mol. The van der Waals surface area contributed by atoms with Crippen LogP contribution in [0, 0.1) is 0 Å². The quantitative estimate of drug-likeness (QED) is 0.540. The van der Waals surface area contributed by atoms with Crippen molar-refractivity contribution in [3.63, 3.8) is 0 Å². The first-order chi connectivity index (χ1) is 4.66. The van der Waals surface area contributed by atoms with Crippen molar-refractivity contribution in [3.05, 3.63) is 23.8 Å². The molecule has 0 fully saturated rings. The molecule has 1 radical (unpaired) electrons. The largest absolute Gasteiger partial charge is 0.287 e. The highest BCUT2D eigenvalue weighted by Gasteiger charge is 2.27. The molecule has 0 aromatic carbocycles. The van der Waals surface area contributed by atoms with Gasteiger partial charge in [0.25, 0.3) is 0 Å². The van der Waals surface area contributed by atoms with E-state index in [4.69, 9.17) is 0 Å². The summed E-state index contributed by atoms with van der Waals surface area (Å²) in [6, 6.07) is 0. The van der Waals surface area contributed by atoms with E-state index in [1.165, 1.54) is 12.4 Å². The summed E-state index contributed by atoms with van der Waals surface area (Å²) in [6.45, 7) is 1.86. The molecule has 0 saturated carbocycles. The van der Waals surface area contributed by atoms with Crippen LogP contribution in [0.25, 0.3) is 0 Å². The zero-order chi connectivity index (χ0) is 7.61. The molecule has 0 aliphatic heterocycles. The molecule has 1 atom stereocenters. The lowest BCUT2D eigenvalue weighted by atomic mass is 9.96. The fraction of sp³-hybridized carbons (Fsp3) is 0.375. The van der Waals surface area contributed by atoms with Crippen molar-refractivity contribution in [1.29, 1.82) is 0 Å². The summed E-state index contributed by atoms with van der Waals surface area (Å²) in [4.78, 5) is 10.0. The van der Waals surface area contributed by atoms with Gasteiger partial charge in [-0.05, 0) is 13.0 Å². The van der Waals surface area contributed by atoms with E-state index < -0.39 is 5.67 Å². The Morgan fingerprint density at radius 3 is 2.90 bits per heavy atom. The van der Waals surface area contributed by atoms with Crippen molar-refractivity contribution in [1.82, 2.24) is 0 Å². The molecule has 0 saturated heterocycles. The van der Waals surface area contributed by atoms with Gasteiger partial charge in [-0.2, -0.15) is 0 Å². The summed E-state index contributed by atoms with van der Waals surface area (Å²) in [5.41, 5.74) is -0.872. The maximum Gasteiger partial charge on any atom is 0.243 e. The molecule has 0 N–H and O–H groups in total. The predicted molar refractivity (Wildman–Crippen MR) is 37.0 cm³/mol. The van der Waals surface area contributed by atoms with Crippen LogP contribution in [-0.4, -0.2) is 12.0 Å². The van der Waals surface area contributed by atoms with Gasteiger partial charge in [0.15, 0.2) is 5.67 Å². The standard InChI is InChI=1S/C8H8FO/c1-7-2-4-8(9,6-10)5-3-7/h2-4H,5H2,1H3. The minimum absolute atomic E-state index is 0.124. The number of allylic oxidation sites excluding steroid dienone is 4. The second kappa shape index (κ2) is 2.37. The molecule has 53 valence electrons. The summed E-state index contributed by atoms with van der Waals surface area (Å²) in [6.07, 6.45) is 6.00. The first-order valence-electron chi connectivity index (χ1n) is 3.10. The maximum absolute atomic E-state index is 12.9. The average Bonchev–Trinajstić information content (AvgIpc) is 1.96. The van der Waals surface area contributed by atoms with Crippen LogP contribution in [-0.2, 0) is 4.79 Å². The Bertz CT molecular complexity index is 205. The van der Waals surface area contributed by atoms with Crippen molar-refractivity contribution in [2.24, 2.45) is 0 Å². The highest BCUT2D eigenvalue weighted by molar-refractivity contribution is 5.68. The molecule has 0 spiro atoms. The summed E-state index contributed by atoms with van der Waals surface area (Å²) in [5.74, 6) is 0. The number of rotatable bonds is 1. The van der Waals surface area contributed by atoms with E-state index >= 15 is 0 Å². The topological polar surface area (TPSA) is 17.1 Å². The van der Waals surface area contributed by atoms with Gasteiger partial charge in [0.05, 0.1) is 0 Å². The molecule has 1 unspecified atom stereocenters. The minimum atomic E-state index is -1.86. The molecule has 0 aromatic rings. The highest BCUT2D eigenvalue weighted by atomic mass is 19.1. The van der Waals surface area contributed by atoms with Gasteiger partial charge in [0.2, 0.25) is 6.29 Å². The Labute approximate surface area is 59.2 Å². The normalized spacial score (nSPS) is 31.6. The molecule has 0 bridgehead atoms. The van der Waals surface area contributed by atoms with E-state index in [-0.39, 0.29) is 6.42 Å². The SMILES string of the molecule is CC1=CCC(F)([C]=O)C=C1. The van der Waals surface area contributed by atoms with Crippen LogP contribution in [0.3, 0.4) is 0 Å². The van der Waals surface area contributed by atoms with Gasteiger partial charge in [-0.3, -0.25) is 4.79 Å². The van der Waals surface area contributed by atoms with E-state index in [2.05, 4.69) is 0 Å². The Morgan fingerprint density at radius 1 is 1.80 bits per heavy atom. The second-order valence-corrected chi connectivity index (χ2v) is 2.45. The van der Waals surface area contributed by atoms with Gasteiger partial charge in [0.1, 0.15) is 0 Å². The lowest BCUT2D eigenvalue weighted by molar-refractivity contribution is 0.309. The molecule has 0 aromatic heterocycles. The predicted octanol–water partition coefficient (Wildman–Crippen LogP) is 1.71. The number of hydrogen-bond donors (Lipinski definition) is 0. The minimum Gasteiger partial charge on any atom is -0.287 e. The summed E-state index contributed by atoms with van der Waals surface area (Å²) in [7, 11) is 0. The van der Waals surface area contributed by atoms with Crippen molar-refractivity contribution in [2.75, 3.05) is 0 Å². The Kier molecular flexibility index (Phi) is 1.70. The molecule has 0 heterocycles. The van der Waals surface area contributed by atoms with Crippen LogP contribution in [0.4, 0.5) is 4.39 Å². The molecule has 1 nitrogen and oxygen atoms in total. The summed E-state index contributed by atoms with van der Waals surface area (Å²) >= 11 is 0. The smallest absolute Gasteiger partial charge is 0.243 e. The number of carbonyl (C=O) groups excluding carboxylic acids is 1. The van der Waals surface area contributed by atoms with Gasteiger partial charge in [-0.25, -0.2) is 4.39 Å². The van der Waals surface area contributed by atoms with Crippen molar-refractivity contribution < 1.29 is 9.18 Å². The van der Waals surface area contributed by atoms with Crippen LogP contribution < -0.4 is 0 Å². The van der Waals surface area contributed by atoms with E-state index in [9.17, 15) is 9.18 Å². The lowest BCUT2D eigenvalue weighted by Gasteiger charge is -2.14. The van der Waals surface area contributed by atoms with Crippen LogP contribution in [0.15, 0.2) is 23.8 Å². The summed E-state index contributed by atoms with van der Waals surface area (Å²) < 4.78 is 12.9. The highest BCUT2D eigenvalue weighted by Crippen LogP contribution is 2.22. The lowest BCUT2D eigenvalue weighted by Crippen LogP contribution is -2.22. The fourth-order valence-corrected chi connectivity index (χ4v) is 0.785. The van der Waals surface area contributed by atoms with Gasteiger partial charge >= 0.3 is 0 Å². The van der Waals surface area contributed by atoms with Crippen LogP contribution in [0.5, 0.6) is 0 Å². The molecular weight excluding hydrogens is 131 g/mol. The number of hydrogen-bond acceptors (Lipinski definition) is 1. The third-order valence-electron chi connectivity index (χ3n) is 1.50. The van der Waals surface area contributed by atoms with Crippen LogP contribution in [0.1, 0.15) is 13.3 Å². The number of alkyl halides is 1. The van der Waals surface area contributed by atoms with Gasteiger partial charge < -0.3 is 0 Å². The van der Waals surface area contributed by atoms with Crippen LogP contribution in [0.2, 0.25) is 0 Å². The van der Waals surface area contributed by atoms with E-state index in [0.717, 1.165) is 5.57 Å². The van der Waals surface area contributed by atoms with Crippen molar-refractivity contribution in [3.8, 4) is 0 Å². The van der Waals surface area contributed by atoms with Crippen molar-refractivity contribution in [2.45, 2.75) is 19.0 Å². The van der Waals surface area contributed by atoms with Crippen molar-refractivity contribution >= 4 is 6.29 Å². The molecule has 1 aliphatic carbocycles. The average molecular weight is 139 g/mol. The van der Waals surface area contributed by atoms with Crippen LogP contribution >= 0.6 is 0 Å². The Hall–Kier alpha value is -0.920. The molecule has 10 heavy (non-hydrogen) atoms. The fourth-order valence-electron chi connectivity index (χ4n) is 0.785. The summed E-state index contributed by atoms with van der Waals surface area (Å²) in [5, 5.41) is 0. The first-order valence-corrected chi connectivity index (χ1v) is 3.10. The molecule has 0 amide bonds. The number of halogens is 1. The third kappa shape index (κ3) is 1.32. The molecule has 1 rings (SSSR count). The first kappa shape index (κ1) is 7.19. The van der Waals surface area contributed by atoms with E-state index in [0.29, 0.717) is 0 Å². The molecule has 1 aliphatic rings. The Balaban J connectivity index is 2.76. The zero-order valence-electron chi connectivity index (χ0n) is 5.73. The Morgan fingerprint density at radius 2 is 2.50 bits per heavy atom. The van der Waals surface area contributed by atoms with Gasteiger partial charge in [-0.15, -0.1) is 0 Å².